The number of nitrogens with zero attached hydrogens (tertiary/aromatic N) is 5. The topological polar surface area (TPSA) is 123 Å². The number of furan rings is 1. The second-order valence-corrected chi connectivity index (χ2v) is 11.6. The first-order chi connectivity index (χ1) is 21.3. The van der Waals surface area contributed by atoms with Crippen molar-refractivity contribution in [3.05, 3.63) is 48.1 Å². The van der Waals surface area contributed by atoms with Gasteiger partial charge in [-0.2, -0.15) is 0 Å². The second kappa shape index (κ2) is 11.3. The highest BCUT2D eigenvalue weighted by Gasteiger charge is 2.50. The molecule has 3 aliphatic heterocycles. The molecule has 0 aromatic carbocycles. The molecule has 0 amide bonds. The van der Waals surface area contributed by atoms with E-state index in [1.807, 2.05) is 6.07 Å². The van der Waals surface area contributed by atoms with Crippen LogP contribution in [0.15, 0.2) is 41.1 Å². The SMILES string of the molecule is C[C@@H]1N(c2cc(C#CC3CC3)cnc2O[C@H]2C[C@@H](C(=O)O)N(c3cc(-c4ccco4)nc(C(F)F)n3)C2)CCOC12COC2. The van der Waals surface area contributed by atoms with Crippen molar-refractivity contribution in [1.82, 2.24) is 15.0 Å². The van der Waals surface area contributed by atoms with E-state index in [1.54, 1.807) is 18.3 Å². The van der Waals surface area contributed by atoms with Crippen LogP contribution in [-0.2, 0) is 14.3 Å². The maximum atomic E-state index is 13.8. The molecule has 1 N–H and O–H groups in total. The van der Waals surface area contributed by atoms with E-state index in [4.69, 9.17) is 18.6 Å². The molecule has 1 aliphatic carbocycles. The van der Waals surface area contributed by atoms with Crippen molar-refractivity contribution in [1.29, 1.82) is 0 Å². The Kier molecular flexibility index (Phi) is 7.34. The molecule has 1 saturated carbocycles. The van der Waals surface area contributed by atoms with E-state index in [1.165, 1.54) is 17.2 Å². The quantitative estimate of drug-likeness (QED) is 0.393. The number of carbonyl (C=O) groups is 1. The summed E-state index contributed by atoms with van der Waals surface area (Å²) in [5, 5.41) is 10.1. The highest BCUT2D eigenvalue weighted by molar-refractivity contribution is 5.79. The number of alkyl halides is 2. The Labute approximate surface area is 252 Å². The van der Waals surface area contributed by atoms with Crippen LogP contribution in [0.25, 0.3) is 11.5 Å². The zero-order valence-corrected chi connectivity index (χ0v) is 24.0. The fraction of sp³-hybridized carbons (Fsp3) is 0.484. The number of pyridine rings is 1. The summed E-state index contributed by atoms with van der Waals surface area (Å²) in [4.78, 5) is 28.6. The highest BCUT2D eigenvalue weighted by atomic mass is 19.3. The van der Waals surface area contributed by atoms with Gasteiger partial charge < -0.3 is 33.5 Å². The largest absolute Gasteiger partial charge is 0.480 e. The monoisotopic (exact) mass is 607 g/mol. The molecular weight excluding hydrogens is 576 g/mol. The number of carboxylic acid groups (broad SMARTS) is 1. The summed E-state index contributed by atoms with van der Waals surface area (Å²) >= 11 is 0. The molecule has 3 aromatic rings. The van der Waals surface area contributed by atoms with E-state index in [0.717, 1.165) is 24.1 Å². The molecule has 4 aliphatic rings. The van der Waals surface area contributed by atoms with Crippen molar-refractivity contribution >= 4 is 17.5 Å². The van der Waals surface area contributed by atoms with Gasteiger partial charge in [-0.1, -0.05) is 11.8 Å². The zero-order chi connectivity index (χ0) is 30.4. The number of morpholine rings is 1. The van der Waals surface area contributed by atoms with Crippen molar-refractivity contribution in [2.75, 3.05) is 42.7 Å². The molecule has 11 nitrogen and oxygen atoms in total. The predicted octanol–water partition coefficient (Wildman–Crippen LogP) is 3.94. The number of rotatable bonds is 7. The third kappa shape index (κ3) is 5.44. The zero-order valence-electron chi connectivity index (χ0n) is 24.0. The molecule has 230 valence electrons. The molecule has 0 bridgehead atoms. The minimum atomic E-state index is -2.96. The van der Waals surface area contributed by atoms with Gasteiger partial charge in [0.1, 0.15) is 34.9 Å². The fourth-order valence-corrected chi connectivity index (χ4v) is 5.90. The average molecular weight is 608 g/mol. The van der Waals surface area contributed by atoms with E-state index >= 15 is 0 Å². The van der Waals surface area contributed by atoms with Crippen LogP contribution in [0.3, 0.4) is 0 Å². The van der Waals surface area contributed by atoms with E-state index in [-0.39, 0.29) is 36.3 Å². The van der Waals surface area contributed by atoms with Crippen LogP contribution >= 0.6 is 0 Å². The normalized spacial score (nSPS) is 24.2. The maximum Gasteiger partial charge on any atom is 0.326 e. The average Bonchev–Trinajstić information content (AvgIpc) is 3.46. The Hall–Kier alpha value is -4.28. The van der Waals surface area contributed by atoms with Crippen molar-refractivity contribution < 1.29 is 37.3 Å². The minimum Gasteiger partial charge on any atom is -0.480 e. The van der Waals surface area contributed by atoms with Crippen LogP contribution in [0.4, 0.5) is 20.3 Å². The Morgan fingerprint density at radius 3 is 2.75 bits per heavy atom. The number of ether oxygens (including phenoxy) is 3. The molecule has 13 heteroatoms. The Bertz CT molecular complexity index is 1600. The van der Waals surface area contributed by atoms with Gasteiger partial charge in [-0.3, -0.25) is 0 Å². The molecule has 6 heterocycles. The summed E-state index contributed by atoms with van der Waals surface area (Å²) in [6.07, 6.45) is 1.78. The Morgan fingerprint density at radius 2 is 2.07 bits per heavy atom. The number of carboxylic acids is 1. The first kappa shape index (κ1) is 28.5. The molecule has 4 fully saturated rings. The first-order valence-corrected chi connectivity index (χ1v) is 14.7. The second-order valence-electron chi connectivity index (χ2n) is 11.6. The van der Waals surface area contributed by atoms with Crippen molar-refractivity contribution in [3.8, 4) is 29.2 Å². The van der Waals surface area contributed by atoms with E-state index in [2.05, 4.69) is 38.6 Å². The number of aromatic nitrogens is 3. The van der Waals surface area contributed by atoms with Gasteiger partial charge in [0.25, 0.3) is 6.43 Å². The third-order valence-electron chi connectivity index (χ3n) is 8.60. The Morgan fingerprint density at radius 1 is 1.23 bits per heavy atom. The molecule has 0 radical (unpaired) electrons. The number of halogens is 2. The van der Waals surface area contributed by atoms with Crippen LogP contribution in [0, 0.1) is 17.8 Å². The lowest BCUT2D eigenvalue weighted by Gasteiger charge is -2.53. The molecule has 3 aromatic heterocycles. The lowest BCUT2D eigenvalue weighted by molar-refractivity contribution is -0.228. The molecule has 3 saturated heterocycles. The van der Waals surface area contributed by atoms with Crippen LogP contribution < -0.4 is 14.5 Å². The highest BCUT2D eigenvalue weighted by Crippen LogP contribution is 2.40. The van der Waals surface area contributed by atoms with Crippen LogP contribution in [-0.4, -0.2) is 82.7 Å². The molecule has 44 heavy (non-hydrogen) atoms. The number of hydrogen-bond donors (Lipinski definition) is 1. The number of hydrogen-bond acceptors (Lipinski definition) is 10. The summed E-state index contributed by atoms with van der Waals surface area (Å²) in [5.41, 5.74) is 1.21. The Balaban J connectivity index is 1.20. The lowest BCUT2D eigenvalue weighted by Crippen LogP contribution is -2.68. The summed E-state index contributed by atoms with van der Waals surface area (Å²) in [6.45, 7) is 4.25. The molecule has 1 spiro atoms. The van der Waals surface area contributed by atoms with E-state index in [0.29, 0.717) is 38.2 Å². The predicted molar refractivity (Wildman–Crippen MR) is 153 cm³/mol. The van der Waals surface area contributed by atoms with Crippen molar-refractivity contribution in [3.63, 3.8) is 0 Å². The minimum absolute atomic E-state index is 0.0403. The van der Waals surface area contributed by atoms with Gasteiger partial charge in [-0.15, -0.1) is 0 Å². The molecule has 3 atom stereocenters. The van der Waals surface area contributed by atoms with Crippen LogP contribution in [0.2, 0.25) is 0 Å². The maximum absolute atomic E-state index is 13.8. The standard InChI is InChI=1S/C31H31F2N5O6/c1-18-31(16-41-17-31)43-10-8-37(18)23-11-20(7-6-19-4-5-19)14-34-29(23)44-21-12-24(30(39)40)38(15-21)26-13-22(25-3-2-9-42-25)35-28(36-26)27(32)33/h2-3,9,11,13-14,18-19,21,24,27H,4-5,8,10,12,15-17H2,1H3,(H,39,40)/t18-,21-,24-/m0/s1. The van der Waals surface area contributed by atoms with E-state index < -0.39 is 36.0 Å². The van der Waals surface area contributed by atoms with Gasteiger partial charge in [-0.05, 0) is 38.0 Å². The molecule has 7 rings (SSSR count). The van der Waals surface area contributed by atoms with Crippen molar-refractivity contribution in [2.24, 2.45) is 5.92 Å². The van der Waals surface area contributed by atoms with Crippen molar-refractivity contribution in [2.45, 2.75) is 56.4 Å². The van der Waals surface area contributed by atoms with Crippen LogP contribution in [0.5, 0.6) is 5.88 Å². The van der Waals surface area contributed by atoms with Gasteiger partial charge in [0.05, 0.1) is 38.7 Å². The van der Waals surface area contributed by atoms with Gasteiger partial charge in [-0.25, -0.2) is 28.5 Å². The number of anilines is 2. The van der Waals surface area contributed by atoms with Gasteiger partial charge >= 0.3 is 5.97 Å². The number of aliphatic carboxylic acids is 1. The summed E-state index contributed by atoms with van der Waals surface area (Å²) in [6, 6.07) is 5.50. The lowest BCUT2D eigenvalue weighted by atomic mass is 9.90. The smallest absolute Gasteiger partial charge is 0.326 e. The molecular formula is C31H31F2N5O6. The molecule has 0 unspecified atom stereocenters. The van der Waals surface area contributed by atoms with Crippen LogP contribution in [0.1, 0.15) is 44.0 Å². The van der Waals surface area contributed by atoms with E-state index in [9.17, 15) is 18.7 Å². The third-order valence-corrected chi connectivity index (χ3v) is 8.60. The summed E-state index contributed by atoms with van der Waals surface area (Å²) in [5.74, 6) is 5.74. The van der Waals surface area contributed by atoms with Gasteiger partial charge in [0, 0.05) is 36.7 Å². The van der Waals surface area contributed by atoms with Gasteiger partial charge in [0.2, 0.25) is 5.88 Å². The first-order valence-electron chi connectivity index (χ1n) is 14.7. The fourth-order valence-electron chi connectivity index (χ4n) is 5.90. The summed E-state index contributed by atoms with van der Waals surface area (Å²) < 4.78 is 51.0. The summed E-state index contributed by atoms with van der Waals surface area (Å²) in [7, 11) is 0. The van der Waals surface area contributed by atoms with Gasteiger partial charge in [0.15, 0.2) is 11.6 Å².